The fourth-order valence-corrected chi connectivity index (χ4v) is 7.03. The molecule has 1 amide bonds. The predicted octanol–water partition coefficient (Wildman–Crippen LogP) is 4.02. The van der Waals surface area contributed by atoms with Crippen molar-refractivity contribution in [2.75, 3.05) is 20.7 Å². The number of amides is 1. The molecule has 0 N–H and O–H groups in total. The fraction of sp³-hybridized carbons (Fsp3) is 0.650. The van der Waals surface area contributed by atoms with Crippen molar-refractivity contribution in [3.8, 4) is 5.75 Å². The summed E-state index contributed by atoms with van der Waals surface area (Å²) in [5.74, 6) is 1.21. The first-order valence-electron chi connectivity index (χ1n) is 9.44. The zero-order valence-corrected chi connectivity index (χ0v) is 20.0. The average Bonchev–Trinajstić information content (AvgIpc) is 2.57. The van der Waals surface area contributed by atoms with Crippen LogP contribution in [-0.4, -0.2) is 55.0 Å². The molecule has 0 aliphatic carbocycles. The molecule has 1 rings (SSSR count). The van der Waals surface area contributed by atoms with Crippen molar-refractivity contribution < 1.29 is 9.53 Å². The summed E-state index contributed by atoms with van der Waals surface area (Å²) >= 11 is -2.29. The molecule has 0 radical (unpaired) electrons. The van der Waals surface area contributed by atoms with Crippen LogP contribution in [0, 0.1) is 0 Å². The number of carbonyl (C=O) groups is 1. The Balaban J connectivity index is 2.91. The number of nitrogens with zero attached hydrogens (tertiary/aromatic N) is 2. The maximum atomic E-state index is 11.9. The van der Waals surface area contributed by atoms with Gasteiger partial charge in [-0.05, 0) is 0 Å². The van der Waals surface area contributed by atoms with Gasteiger partial charge in [-0.2, -0.15) is 0 Å². The molecule has 1 aromatic carbocycles. The van der Waals surface area contributed by atoms with Crippen LogP contribution in [0.5, 0.6) is 5.75 Å². The van der Waals surface area contributed by atoms with Crippen molar-refractivity contribution in [3.05, 3.63) is 23.8 Å². The molecule has 0 aliphatic rings. The van der Waals surface area contributed by atoms with Crippen LogP contribution in [0.25, 0.3) is 0 Å². The van der Waals surface area contributed by atoms with Crippen LogP contribution in [0.4, 0.5) is 0 Å². The van der Waals surface area contributed by atoms with Gasteiger partial charge < -0.3 is 0 Å². The van der Waals surface area contributed by atoms with E-state index in [0.29, 0.717) is 6.42 Å². The molecule has 0 saturated heterocycles. The van der Waals surface area contributed by atoms with Gasteiger partial charge in [0, 0.05) is 0 Å². The summed E-state index contributed by atoms with van der Waals surface area (Å²) in [5, 5.41) is 3.68. The Hall–Kier alpha value is -0.751. The SMILES string of the molecule is CCCCCOc1ccc(CN(C)N(C)C(=O)CC)c[c]1[Sn]([CH3])([CH3])[CH3]. The molecule has 0 spiro atoms. The van der Waals surface area contributed by atoms with Crippen LogP contribution in [0.2, 0.25) is 14.8 Å². The summed E-state index contributed by atoms with van der Waals surface area (Å²) in [6, 6.07) is 6.58. The van der Waals surface area contributed by atoms with Crippen molar-refractivity contribution in [1.29, 1.82) is 0 Å². The van der Waals surface area contributed by atoms with E-state index in [1.165, 1.54) is 22.0 Å². The van der Waals surface area contributed by atoms with Gasteiger partial charge in [-0.3, -0.25) is 0 Å². The average molecular weight is 455 g/mol. The number of hydrogen-bond donors (Lipinski definition) is 0. The van der Waals surface area contributed by atoms with Gasteiger partial charge in [0.05, 0.1) is 0 Å². The molecular formula is C20H36N2O2Sn. The number of rotatable bonds is 10. The summed E-state index contributed by atoms with van der Waals surface area (Å²) in [7, 11) is 3.80. The standard InChI is InChI=1S/C17H27N2O2.3CH3.Sn/c1-5-7-8-13-21-16-11-9-15(10-12-16)14-18(3)19(4)17(20)6-2;;;;/h9-11H,5-8,13-14H2,1-4H3;3*1H3;. The molecule has 0 unspecified atom stereocenters. The minimum absolute atomic E-state index is 0.133. The first-order chi connectivity index (χ1) is 11.7. The van der Waals surface area contributed by atoms with Gasteiger partial charge >= 0.3 is 159 Å². The molecule has 0 fully saturated rings. The molecule has 4 nitrogen and oxygen atoms in total. The number of carbonyl (C=O) groups excluding carboxylic acids is 1. The summed E-state index contributed by atoms with van der Waals surface area (Å²) in [6.07, 6.45) is 4.07. The number of ether oxygens (including phenoxy) is 1. The van der Waals surface area contributed by atoms with Gasteiger partial charge in [-0.1, -0.05) is 0 Å². The van der Waals surface area contributed by atoms with Crippen LogP contribution < -0.4 is 8.32 Å². The quantitative estimate of drug-likeness (QED) is 0.304. The summed E-state index contributed by atoms with van der Waals surface area (Å²) in [6.45, 7) is 5.63. The molecule has 1 aromatic rings. The van der Waals surface area contributed by atoms with E-state index >= 15 is 0 Å². The van der Waals surface area contributed by atoms with Gasteiger partial charge in [0.25, 0.3) is 0 Å². The van der Waals surface area contributed by atoms with Crippen molar-refractivity contribution in [2.45, 2.75) is 60.9 Å². The molecule has 0 aliphatic heterocycles. The Bertz CT molecular complexity index is 555. The third-order valence-electron chi connectivity index (χ3n) is 4.44. The van der Waals surface area contributed by atoms with Gasteiger partial charge in [0.2, 0.25) is 0 Å². The molecule has 0 saturated carbocycles. The van der Waals surface area contributed by atoms with Gasteiger partial charge in [0.1, 0.15) is 0 Å². The zero-order valence-electron chi connectivity index (χ0n) is 17.2. The van der Waals surface area contributed by atoms with E-state index in [4.69, 9.17) is 4.74 Å². The van der Waals surface area contributed by atoms with E-state index in [2.05, 4.69) is 39.9 Å². The number of hydrazine groups is 1. The van der Waals surface area contributed by atoms with Gasteiger partial charge in [-0.15, -0.1) is 0 Å². The number of benzene rings is 1. The van der Waals surface area contributed by atoms with Crippen LogP contribution >= 0.6 is 0 Å². The normalized spacial score (nSPS) is 11.7. The van der Waals surface area contributed by atoms with Crippen molar-refractivity contribution in [2.24, 2.45) is 0 Å². The fourth-order valence-electron chi connectivity index (χ4n) is 2.71. The topological polar surface area (TPSA) is 32.8 Å². The molecule has 0 heterocycles. The van der Waals surface area contributed by atoms with E-state index in [1.54, 1.807) is 5.01 Å². The van der Waals surface area contributed by atoms with Crippen LogP contribution in [-0.2, 0) is 11.3 Å². The first kappa shape index (κ1) is 22.3. The molecular weight excluding hydrogens is 419 g/mol. The van der Waals surface area contributed by atoms with Crippen LogP contribution in [0.15, 0.2) is 18.2 Å². The van der Waals surface area contributed by atoms with E-state index in [9.17, 15) is 4.79 Å². The van der Waals surface area contributed by atoms with Crippen molar-refractivity contribution >= 4 is 27.9 Å². The molecule has 5 heteroatoms. The Morgan fingerprint density at radius 1 is 1.12 bits per heavy atom. The van der Waals surface area contributed by atoms with Crippen molar-refractivity contribution in [3.63, 3.8) is 0 Å². The Morgan fingerprint density at radius 2 is 1.80 bits per heavy atom. The Labute approximate surface area is 158 Å². The zero-order chi connectivity index (χ0) is 19.0. The Kier molecular flexibility index (Phi) is 9.28. The summed E-state index contributed by atoms with van der Waals surface area (Å²) in [4.78, 5) is 19.1. The second kappa shape index (κ2) is 10.4. The van der Waals surface area contributed by atoms with E-state index in [1.807, 2.05) is 26.0 Å². The Morgan fingerprint density at radius 3 is 2.36 bits per heavy atom. The molecule has 0 bridgehead atoms. The summed E-state index contributed by atoms with van der Waals surface area (Å²) < 4.78 is 7.53. The molecule has 25 heavy (non-hydrogen) atoms. The molecule has 0 aromatic heterocycles. The first-order valence-corrected chi connectivity index (χ1v) is 19.4. The van der Waals surface area contributed by atoms with E-state index in [0.717, 1.165) is 25.3 Å². The monoisotopic (exact) mass is 456 g/mol. The van der Waals surface area contributed by atoms with Crippen LogP contribution in [0.3, 0.4) is 0 Å². The second-order valence-corrected chi connectivity index (χ2v) is 22.1. The number of hydrogen-bond acceptors (Lipinski definition) is 3. The third-order valence-corrected chi connectivity index (χ3v) is 10.2. The van der Waals surface area contributed by atoms with E-state index in [-0.39, 0.29) is 5.91 Å². The predicted molar refractivity (Wildman–Crippen MR) is 109 cm³/mol. The van der Waals surface area contributed by atoms with Crippen molar-refractivity contribution in [1.82, 2.24) is 10.0 Å². The third kappa shape index (κ3) is 7.18. The maximum absolute atomic E-state index is 11.9. The molecule has 0 atom stereocenters. The van der Waals surface area contributed by atoms with Crippen LogP contribution in [0.1, 0.15) is 45.1 Å². The van der Waals surface area contributed by atoms with Gasteiger partial charge in [0.15, 0.2) is 0 Å². The van der Waals surface area contributed by atoms with Gasteiger partial charge in [-0.25, -0.2) is 0 Å². The minimum atomic E-state index is -2.29. The number of unbranched alkanes of at least 4 members (excludes halogenated alkanes) is 2. The summed E-state index contributed by atoms with van der Waals surface area (Å²) in [5.41, 5.74) is 1.24. The molecule has 142 valence electrons. The van der Waals surface area contributed by atoms with E-state index < -0.39 is 18.4 Å². The second-order valence-electron chi connectivity index (χ2n) is 7.72.